The second kappa shape index (κ2) is 21.7. The number of hydrogen-bond donors (Lipinski definition) is 2. The Hall–Kier alpha value is -4.50. The molecule has 0 saturated heterocycles. The average molecular weight is 729 g/mol. The van der Waals surface area contributed by atoms with Crippen molar-refractivity contribution in [3.05, 3.63) is 138 Å². The molecule has 6 aromatic rings. The predicted octanol–water partition coefficient (Wildman–Crippen LogP) is 10.1. The van der Waals surface area contributed by atoms with Gasteiger partial charge in [-0.15, -0.1) is 0 Å². The molecule has 6 nitrogen and oxygen atoms in total. The van der Waals surface area contributed by atoms with E-state index in [1.54, 1.807) is 28.4 Å². The van der Waals surface area contributed by atoms with E-state index < -0.39 is 0 Å². The first-order valence-corrected chi connectivity index (χ1v) is 16.6. The molecule has 0 aliphatic carbocycles. The van der Waals surface area contributed by atoms with Crippen LogP contribution in [0.15, 0.2) is 121 Å². The van der Waals surface area contributed by atoms with Crippen LogP contribution in [0, 0.1) is 6.92 Å². The van der Waals surface area contributed by atoms with Crippen molar-refractivity contribution in [1.29, 1.82) is 0 Å². The Morgan fingerprint density at radius 2 is 0.961 bits per heavy atom. The third-order valence-electron chi connectivity index (χ3n) is 8.12. The molecule has 0 bridgehead atoms. The SMILES string of the molecule is COc1cc(C[C@H](C)N)cc(OC)c1.COc1cc(C[C@H](C)Nc2cccc3ccccc23)cc(OC)c1.Cc1cccc2ccccc12.S.S.[HH]. The van der Waals surface area contributed by atoms with Crippen LogP contribution in [0.5, 0.6) is 23.0 Å². The zero-order valence-corrected chi connectivity index (χ0v) is 32.8. The van der Waals surface area contributed by atoms with E-state index in [0.29, 0.717) is 0 Å². The fourth-order valence-electron chi connectivity index (χ4n) is 5.75. The minimum Gasteiger partial charge on any atom is -0.497 e. The van der Waals surface area contributed by atoms with E-state index in [0.717, 1.165) is 47.1 Å². The molecule has 0 spiro atoms. The van der Waals surface area contributed by atoms with Crippen LogP contribution in [-0.2, 0) is 12.8 Å². The number of anilines is 1. The number of hydrogen-bond acceptors (Lipinski definition) is 6. The molecule has 0 unspecified atom stereocenters. The average Bonchev–Trinajstić information content (AvgIpc) is 3.12. The van der Waals surface area contributed by atoms with Gasteiger partial charge in [0.2, 0.25) is 0 Å². The van der Waals surface area contributed by atoms with Crippen molar-refractivity contribution in [3.8, 4) is 23.0 Å². The van der Waals surface area contributed by atoms with Gasteiger partial charge in [0, 0.05) is 36.7 Å². The van der Waals surface area contributed by atoms with Crippen LogP contribution in [0.2, 0.25) is 0 Å². The topological polar surface area (TPSA) is 75.0 Å². The van der Waals surface area contributed by atoms with E-state index in [-0.39, 0.29) is 40.5 Å². The van der Waals surface area contributed by atoms with Crippen molar-refractivity contribution in [2.75, 3.05) is 33.8 Å². The van der Waals surface area contributed by atoms with E-state index in [1.165, 1.54) is 32.7 Å². The van der Waals surface area contributed by atoms with Gasteiger partial charge in [-0.1, -0.05) is 78.9 Å². The maximum absolute atomic E-state index is 5.73. The van der Waals surface area contributed by atoms with E-state index in [4.69, 9.17) is 24.7 Å². The van der Waals surface area contributed by atoms with Crippen LogP contribution in [0.4, 0.5) is 5.69 Å². The van der Waals surface area contributed by atoms with Crippen LogP contribution in [-0.4, -0.2) is 40.5 Å². The van der Waals surface area contributed by atoms with Crippen LogP contribution in [0.25, 0.3) is 21.5 Å². The van der Waals surface area contributed by atoms with Crippen molar-refractivity contribution in [2.24, 2.45) is 5.73 Å². The highest BCUT2D eigenvalue weighted by Crippen LogP contribution is 2.27. The molecule has 0 heterocycles. The van der Waals surface area contributed by atoms with Gasteiger partial charge in [-0.2, -0.15) is 27.0 Å². The molecule has 274 valence electrons. The van der Waals surface area contributed by atoms with Crippen molar-refractivity contribution in [1.82, 2.24) is 0 Å². The summed E-state index contributed by atoms with van der Waals surface area (Å²) in [5.41, 5.74) is 10.6. The fraction of sp³-hybridized carbons (Fsp3) is 0.256. The van der Waals surface area contributed by atoms with E-state index in [2.05, 4.69) is 116 Å². The molecule has 0 amide bonds. The van der Waals surface area contributed by atoms with Crippen molar-refractivity contribution in [3.63, 3.8) is 0 Å². The number of benzene rings is 6. The highest BCUT2D eigenvalue weighted by atomic mass is 32.1. The molecule has 0 aliphatic heterocycles. The quantitative estimate of drug-likeness (QED) is 0.146. The molecule has 0 radical (unpaired) electrons. The van der Waals surface area contributed by atoms with Gasteiger partial charge < -0.3 is 30.0 Å². The Bertz CT molecular complexity index is 1880. The van der Waals surface area contributed by atoms with Gasteiger partial charge in [0.05, 0.1) is 28.4 Å². The predicted molar refractivity (Wildman–Crippen MR) is 229 cm³/mol. The molecule has 3 N–H and O–H groups in total. The monoisotopic (exact) mass is 728 g/mol. The van der Waals surface area contributed by atoms with Crippen molar-refractivity contribution >= 4 is 54.2 Å². The minimum atomic E-state index is 0. The van der Waals surface area contributed by atoms with Gasteiger partial charge in [-0.3, -0.25) is 0 Å². The maximum Gasteiger partial charge on any atom is 0.122 e. The number of methoxy groups -OCH3 is 4. The van der Waals surface area contributed by atoms with Gasteiger partial charge >= 0.3 is 0 Å². The number of ether oxygens (including phenoxy) is 4. The number of aryl methyl sites for hydroxylation is 1. The molecule has 0 fully saturated rings. The summed E-state index contributed by atoms with van der Waals surface area (Å²) in [6, 6.07) is 41.9. The summed E-state index contributed by atoms with van der Waals surface area (Å²) in [6.07, 6.45) is 1.71. The molecule has 2 atom stereocenters. The van der Waals surface area contributed by atoms with E-state index >= 15 is 0 Å². The van der Waals surface area contributed by atoms with Gasteiger partial charge in [-0.25, -0.2) is 0 Å². The first kappa shape index (κ1) is 42.7. The highest BCUT2D eigenvalue weighted by Gasteiger charge is 2.09. The lowest BCUT2D eigenvalue weighted by molar-refractivity contribution is 0.393. The molecule has 8 heteroatoms. The van der Waals surface area contributed by atoms with Gasteiger partial charge in [-0.05, 0) is 96.8 Å². The number of rotatable bonds is 10. The van der Waals surface area contributed by atoms with E-state index in [9.17, 15) is 0 Å². The van der Waals surface area contributed by atoms with Crippen LogP contribution < -0.4 is 30.0 Å². The van der Waals surface area contributed by atoms with Crippen LogP contribution in [0.3, 0.4) is 0 Å². The lowest BCUT2D eigenvalue weighted by Crippen LogP contribution is -2.18. The molecule has 0 saturated carbocycles. The summed E-state index contributed by atoms with van der Waals surface area (Å²) in [6.45, 7) is 6.31. The Balaban J connectivity index is 0.000000413. The maximum atomic E-state index is 5.73. The lowest BCUT2D eigenvalue weighted by atomic mass is 10.0. The Labute approximate surface area is 319 Å². The summed E-state index contributed by atoms with van der Waals surface area (Å²) in [4.78, 5) is 0. The molecular formula is C43H56N2O4S2. The fourth-order valence-corrected chi connectivity index (χ4v) is 5.75. The summed E-state index contributed by atoms with van der Waals surface area (Å²) < 4.78 is 21.0. The Morgan fingerprint density at radius 3 is 1.43 bits per heavy atom. The molecule has 6 aromatic carbocycles. The third-order valence-corrected chi connectivity index (χ3v) is 8.12. The lowest BCUT2D eigenvalue weighted by Gasteiger charge is -2.18. The van der Waals surface area contributed by atoms with E-state index in [1.807, 2.05) is 31.2 Å². The third kappa shape index (κ3) is 13.0. The normalized spacial score (nSPS) is 11.2. The second-order valence-electron chi connectivity index (χ2n) is 12.2. The summed E-state index contributed by atoms with van der Waals surface area (Å²) in [5, 5.41) is 8.80. The first-order chi connectivity index (χ1) is 23.7. The molecular weight excluding hydrogens is 673 g/mol. The van der Waals surface area contributed by atoms with Crippen molar-refractivity contribution in [2.45, 2.75) is 45.7 Å². The summed E-state index contributed by atoms with van der Waals surface area (Å²) in [5.74, 6) is 3.25. The first-order valence-electron chi connectivity index (χ1n) is 16.6. The van der Waals surface area contributed by atoms with Gasteiger partial charge in [0.15, 0.2) is 0 Å². The number of fused-ring (bicyclic) bond motifs is 2. The number of nitrogens with two attached hydrogens (primary N) is 1. The Morgan fingerprint density at radius 1 is 0.549 bits per heavy atom. The minimum absolute atomic E-state index is 0. The van der Waals surface area contributed by atoms with Crippen molar-refractivity contribution < 1.29 is 20.4 Å². The van der Waals surface area contributed by atoms with Crippen LogP contribution in [0.1, 0.15) is 32.0 Å². The zero-order valence-electron chi connectivity index (χ0n) is 30.8. The van der Waals surface area contributed by atoms with Crippen LogP contribution >= 0.6 is 27.0 Å². The second-order valence-corrected chi connectivity index (χ2v) is 12.2. The number of nitrogens with one attached hydrogen (secondary N) is 1. The molecule has 0 aliphatic rings. The van der Waals surface area contributed by atoms with Gasteiger partial charge in [0.25, 0.3) is 0 Å². The highest BCUT2D eigenvalue weighted by molar-refractivity contribution is 7.59. The largest absolute Gasteiger partial charge is 0.497 e. The molecule has 6 rings (SSSR count). The summed E-state index contributed by atoms with van der Waals surface area (Å²) >= 11 is 0. The smallest absolute Gasteiger partial charge is 0.122 e. The molecule has 0 aromatic heterocycles. The zero-order chi connectivity index (χ0) is 35.2. The molecule has 51 heavy (non-hydrogen) atoms. The Kier molecular flexibility index (Phi) is 18.1. The van der Waals surface area contributed by atoms with Gasteiger partial charge in [0.1, 0.15) is 23.0 Å². The standard InChI is InChI=1S/C21H23NO2.C11H17NO2.C11H10.2H2S.H2/c1-15(11-16-12-18(23-2)14-19(13-16)24-3)22-21-10-6-8-17-7-4-5-9-20(17)21;1-8(12)4-9-5-10(13-2)7-11(6-9)14-3;1-9-5-4-7-10-6-2-3-8-11(9)10;;;/h4-10,12-15,22H,11H2,1-3H3;5-8H,4,12H2,1-3H3;2-8H,1H3;2*1H2;1H/t15-;8-;;;;/m00..../s1. The summed E-state index contributed by atoms with van der Waals surface area (Å²) in [7, 11) is 6.64.